The number of rotatable bonds is 6. The van der Waals surface area contributed by atoms with Crippen LogP contribution in [0.5, 0.6) is 5.75 Å². The first-order chi connectivity index (χ1) is 8.90. The fourth-order valence-electron chi connectivity index (χ4n) is 1.39. The number of benzene rings is 1. The highest BCUT2D eigenvalue weighted by Crippen LogP contribution is 2.22. The van der Waals surface area contributed by atoms with E-state index in [0.717, 1.165) is 18.2 Å². The molecule has 0 spiro atoms. The van der Waals surface area contributed by atoms with Gasteiger partial charge in [-0.15, -0.1) is 12.4 Å². The molecule has 3 N–H and O–H groups in total. The summed E-state index contributed by atoms with van der Waals surface area (Å²) in [5.74, 6) is -1.87. The van der Waals surface area contributed by atoms with Crippen molar-refractivity contribution in [2.45, 2.75) is 26.0 Å². The van der Waals surface area contributed by atoms with E-state index in [9.17, 15) is 18.0 Å². The van der Waals surface area contributed by atoms with Crippen LogP contribution in [0.3, 0.4) is 0 Å². The standard InChI is InChI=1S/C12H15F3N2O2.ClH/c1-7(16)4-5-17-11(18)9-3-2-8(13)6-10(9)19-12(14)15;/h2-3,6-7,12H,4-5,16H2,1H3,(H,17,18);1H. The van der Waals surface area contributed by atoms with Crippen molar-refractivity contribution in [1.29, 1.82) is 0 Å². The molecule has 0 saturated heterocycles. The van der Waals surface area contributed by atoms with Gasteiger partial charge in [-0.3, -0.25) is 4.79 Å². The Morgan fingerprint density at radius 3 is 2.65 bits per heavy atom. The molecule has 0 fully saturated rings. The van der Waals surface area contributed by atoms with E-state index in [1.165, 1.54) is 0 Å². The summed E-state index contributed by atoms with van der Waals surface area (Å²) in [7, 11) is 0. The molecule has 0 aromatic heterocycles. The minimum absolute atomic E-state index is 0. The summed E-state index contributed by atoms with van der Waals surface area (Å²) in [6.07, 6.45) is 0.540. The van der Waals surface area contributed by atoms with Crippen molar-refractivity contribution in [2.75, 3.05) is 6.54 Å². The van der Waals surface area contributed by atoms with Crippen LogP contribution in [-0.2, 0) is 0 Å². The number of carbonyl (C=O) groups excluding carboxylic acids is 1. The maximum Gasteiger partial charge on any atom is 0.387 e. The number of nitrogens with one attached hydrogen (secondary N) is 1. The van der Waals surface area contributed by atoms with Crippen molar-refractivity contribution in [2.24, 2.45) is 5.73 Å². The molecule has 1 amide bonds. The molecule has 0 bridgehead atoms. The quantitative estimate of drug-likeness (QED) is 0.847. The van der Waals surface area contributed by atoms with Gasteiger partial charge in [0.1, 0.15) is 11.6 Å². The summed E-state index contributed by atoms with van der Waals surface area (Å²) >= 11 is 0. The van der Waals surface area contributed by atoms with E-state index in [1.54, 1.807) is 6.92 Å². The molecule has 0 radical (unpaired) electrons. The largest absolute Gasteiger partial charge is 0.434 e. The molecule has 0 aliphatic heterocycles. The molecule has 114 valence electrons. The van der Waals surface area contributed by atoms with Crippen LogP contribution in [-0.4, -0.2) is 25.1 Å². The Bertz CT molecular complexity index is 445. The lowest BCUT2D eigenvalue weighted by Gasteiger charge is -2.11. The van der Waals surface area contributed by atoms with Crippen molar-refractivity contribution in [3.63, 3.8) is 0 Å². The van der Waals surface area contributed by atoms with Gasteiger partial charge in [-0.05, 0) is 25.5 Å². The smallest absolute Gasteiger partial charge is 0.387 e. The van der Waals surface area contributed by atoms with E-state index in [4.69, 9.17) is 5.73 Å². The Balaban J connectivity index is 0.00000361. The summed E-state index contributed by atoms with van der Waals surface area (Å²) in [6, 6.07) is 2.74. The van der Waals surface area contributed by atoms with Crippen LogP contribution in [0.4, 0.5) is 13.2 Å². The fraction of sp³-hybridized carbons (Fsp3) is 0.417. The molecule has 0 aliphatic rings. The Labute approximate surface area is 120 Å². The lowest BCUT2D eigenvalue weighted by atomic mass is 10.1. The van der Waals surface area contributed by atoms with Crippen molar-refractivity contribution < 1.29 is 22.7 Å². The van der Waals surface area contributed by atoms with E-state index in [0.29, 0.717) is 13.0 Å². The van der Waals surface area contributed by atoms with Gasteiger partial charge in [0.2, 0.25) is 0 Å². The van der Waals surface area contributed by atoms with Crippen molar-refractivity contribution in [1.82, 2.24) is 5.32 Å². The van der Waals surface area contributed by atoms with Gasteiger partial charge in [0.05, 0.1) is 5.56 Å². The molecule has 0 saturated carbocycles. The number of alkyl halides is 2. The fourth-order valence-corrected chi connectivity index (χ4v) is 1.39. The Morgan fingerprint density at radius 2 is 2.10 bits per heavy atom. The molecule has 4 nitrogen and oxygen atoms in total. The second-order valence-corrected chi connectivity index (χ2v) is 4.04. The maximum absolute atomic E-state index is 12.9. The highest BCUT2D eigenvalue weighted by molar-refractivity contribution is 5.96. The highest BCUT2D eigenvalue weighted by atomic mass is 35.5. The molecule has 1 aromatic rings. The minimum Gasteiger partial charge on any atom is -0.434 e. The molecule has 1 atom stereocenters. The first-order valence-corrected chi connectivity index (χ1v) is 5.68. The van der Waals surface area contributed by atoms with Gasteiger partial charge in [0.25, 0.3) is 5.91 Å². The highest BCUT2D eigenvalue weighted by Gasteiger charge is 2.16. The number of hydrogen-bond donors (Lipinski definition) is 2. The first kappa shape index (κ1) is 18.5. The molecular weight excluding hydrogens is 297 g/mol. The second-order valence-electron chi connectivity index (χ2n) is 4.04. The van der Waals surface area contributed by atoms with Crippen molar-refractivity contribution in [3.8, 4) is 5.75 Å². The summed E-state index contributed by atoms with van der Waals surface area (Å²) in [5, 5.41) is 2.50. The van der Waals surface area contributed by atoms with Crippen molar-refractivity contribution in [3.05, 3.63) is 29.6 Å². The Morgan fingerprint density at radius 1 is 1.45 bits per heavy atom. The predicted octanol–water partition coefficient (Wildman–Crippen LogP) is 2.32. The third-order valence-electron chi connectivity index (χ3n) is 2.29. The van der Waals surface area contributed by atoms with Crippen LogP contribution >= 0.6 is 12.4 Å². The van der Waals surface area contributed by atoms with Gasteiger partial charge in [-0.2, -0.15) is 8.78 Å². The molecular formula is C12H16ClF3N2O2. The van der Waals surface area contributed by atoms with Crippen LogP contribution in [0.1, 0.15) is 23.7 Å². The van der Waals surface area contributed by atoms with E-state index < -0.39 is 24.1 Å². The predicted molar refractivity (Wildman–Crippen MR) is 70.9 cm³/mol. The van der Waals surface area contributed by atoms with Crippen LogP contribution < -0.4 is 15.8 Å². The first-order valence-electron chi connectivity index (χ1n) is 5.68. The monoisotopic (exact) mass is 312 g/mol. The number of carbonyl (C=O) groups is 1. The molecule has 20 heavy (non-hydrogen) atoms. The van der Waals surface area contributed by atoms with Crippen LogP contribution in [0.25, 0.3) is 0 Å². The number of halogens is 4. The molecule has 8 heteroatoms. The van der Waals surface area contributed by atoms with Gasteiger partial charge >= 0.3 is 6.61 Å². The van der Waals surface area contributed by atoms with Gasteiger partial charge in [0, 0.05) is 18.7 Å². The zero-order valence-corrected chi connectivity index (χ0v) is 11.6. The van der Waals surface area contributed by atoms with Gasteiger partial charge in [-0.25, -0.2) is 4.39 Å². The maximum atomic E-state index is 12.9. The van der Waals surface area contributed by atoms with E-state index in [-0.39, 0.29) is 24.0 Å². The zero-order valence-electron chi connectivity index (χ0n) is 10.7. The van der Waals surface area contributed by atoms with E-state index in [1.807, 2.05) is 0 Å². The van der Waals surface area contributed by atoms with Crippen LogP contribution in [0.15, 0.2) is 18.2 Å². The molecule has 1 rings (SSSR count). The topological polar surface area (TPSA) is 64.3 Å². The average Bonchev–Trinajstić information content (AvgIpc) is 2.27. The van der Waals surface area contributed by atoms with Crippen LogP contribution in [0.2, 0.25) is 0 Å². The summed E-state index contributed by atoms with van der Waals surface area (Å²) in [4.78, 5) is 11.7. The SMILES string of the molecule is CC(N)CCNC(=O)c1ccc(F)cc1OC(F)F.Cl. The average molecular weight is 313 g/mol. The minimum atomic E-state index is -3.13. The summed E-state index contributed by atoms with van der Waals surface area (Å²) in [6.45, 7) is -1.06. The number of hydrogen-bond acceptors (Lipinski definition) is 3. The molecule has 0 aliphatic carbocycles. The third kappa shape index (κ3) is 6.12. The second kappa shape index (κ2) is 8.65. The van der Waals surface area contributed by atoms with Crippen LogP contribution in [0, 0.1) is 5.82 Å². The number of ether oxygens (including phenoxy) is 1. The van der Waals surface area contributed by atoms with Gasteiger partial charge in [0.15, 0.2) is 0 Å². The van der Waals surface area contributed by atoms with E-state index >= 15 is 0 Å². The molecule has 1 unspecified atom stereocenters. The van der Waals surface area contributed by atoms with Crippen molar-refractivity contribution >= 4 is 18.3 Å². The lowest BCUT2D eigenvalue weighted by molar-refractivity contribution is -0.0503. The zero-order chi connectivity index (χ0) is 14.4. The summed E-state index contributed by atoms with van der Waals surface area (Å²) < 4.78 is 41.4. The molecule has 1 aromatic carbocycles. The summed E-state index contributed by atoms with van der Waals surface area (Å²) in [5.41, 5.74) is 5.36. The molecule has 0 heterocycles. The Kier molecular flexibility index (Phi) is 8.02. The van der Waals surface area contributed by atoms with E-state index in [2.05, 4.69) is 10.1 Å². The number of nitrogens with two attached hydrogens (primary N) is 1. The van der Waals surface area contributed by atoms with Gasteiger partial charge < -0.3 is 15.8 Å². The normalized spacial score (nSPS) is 11.7. The third-order valence-corrected chi connectivity index (χ3v) is 2.29. The number of amides is 1. The Hall–Kier alpha value is -1.47. The van der Waals surface area contributed by atoms with Gasteiger partial charge in [-0.1, -0.05) is 0 Å². The lowest BCUT2D eigenvalue weighted by Crippen LogP contribution is -2.29.